The van der Waals surface area contributed by atoms with Crippen LogP contribution in [0.25, 0.3) is 0 Å². The molecule has 0 amide bonds. The molecule has 0 radical (unpaired) electrons. The molecule has 20 heavy (non-hydrogen) atoms. The molecule has 1 heterocycles. The van der Waals surface area contributed by atoms with Gasteiger partial charge in [-0.15, -0.1) is 0 Å². The van der Waals surface area contributed by atoms with E-state index >= 15 is 0 Å². The molecule has 110 valence electrons. The van der Waals surface area contributed by atoms with Gasteiger partial charge < -0.3 is 14.9 Å². The van der Waals surface area contributed by atoms with E-state index in [2.05, 4.69) is 11.9 Å². The van der Waals surface area contributed by atoms with Crippen LogP contribution in [0, 0.1) is 11.7 Å². The summed E-state index contributed by atoms with van der Waals surface area (Å²) >= 11 is 0. The highest BCUT2D eigenvalue weighted by atomic mass is 19.1. The molecule has 1 aliphatic heterocycles. The Morgan fingerprint density at radius 1 is 1.45 bits per heavy atom. The summed E-state index contributed by atoms with van der Waals surface area (Å²) in [6, 6.07) is 4.30. The van der Waals surface area contributed by atoms with E-state index in [1.54, 1.807) is 6.07 Å². The standard InChI is InChI=1S/C15H21FN2O2/c1-17-7-5-11(6-8-17)10-18(2)12-3-4-13(15(19)20)14(16)9-12/h3-4,9,11H,5-8,10H2,1-2H3,(H,19,20). The number of benzene rings is 1. The maximum absolute atomic E-state index is 13.7. The number of aromatic carboxylic acids is 1. The van der Waals surface area contributed by atoms with Gasteiger partial charge in [-0.3, -0.25) is 0 Å². The molecule has 0 unspecified atom stereocenters. The van der Waals surface area contributed by atoms with Crippen LogP contribution in [-0.4, -0.2) is 49.7 Å². The normalized spacial score (nSPS) is 17.1. The molecule has 1 aromatic rings. The first-order valence-corrected chi connectivity index (χ1v) is 6.90. The third-order valence-corrected chi connectivity index (χ3v) is 3.99. The quantitative estimate of drug-likeness (QED) is 0.919. The van der Waals surface area contributed by atoms with Crippen LogP contribution >= 0.6 is 0 Å². The van der Waals surface area contributed by atoms with Gasteiger partial charge in [0.1, 0.15) is 5.82 Å². The van der Waals surface area contributed by atoms with Crippen LogP contribution in [0.15, 0.2) is 18.2 Å². The highest BCUT2D eigenvalue weighted by Crippen LogP contribution is 2.22. The van der Waals surface area contributed by atoms with E-state index in [0.29, 0.717) is 5.92 Å². The number of rotatable bonds is 4. The Morgan fingerprint density at radius 2 is 2.10 bits per heavy atom. The van der Waals surface area contributed by atoms with Crippen LogP contribution in [0.3, 0.4) is 0 Å². The molecule has 1 saturated heterocycles. The third kappa shape index (κ3) is 3.48. The van der Waals surface area contributed by atoms with E-state index in [-0.39, 0.29) is 5.56 Å². The molecule has 0 saturated carbocycles. The highest BCUT2D eigenvalue weighted by molar-refractivity contribution is 5.88. The lowest BCUT2D eigenvalue weighted by Crippen LogP contribution is -2.35. The van der Waals surface area contributed by atoms with Gasteiger partial charge in [-0.05, 0) is 57.1 Å². The minimum absolute atomic E-state index is 0.276. The Labute approximate surface area is 118 Å². The molecule has 5 heteroatoms. The molecule has 1 fully saturated rings. The summed E-state index contributed by atoms with van der Waals surface area (Å²) in [4.78, 5) is 15.1. The monoisotopic (exact) mass is 280 g/mol. The van der Waals surface area contributed by atoms with Crippen LogP contribution in [0.5, 0.6) is 0 Å². The van der Waals surface area contributed by atoms with Gasteiger partial charge in [-0.2, -0.15) is 0 Å². The van der Waals surface area contributed by atoms with Gasteiger partial charge in [0.05, 0.1) is 5.56 Å². The fourth-order valence-corrected chi connectivity index (χ4v) is 2.65. The van der Waals surface area contributed by atoms with Crippen molar-refractivity contribution in [2.24, 2.45) is 5.92 Å². The number of carboxylic acid groups (broad SMARTS) is 1. The number of hydrogen-bond acceptors (Lipinski definition) is 3. The summed E-state index contributed by atoms with van der Waals surface area (Å²) in [5.41, 5.74) is 0.452. The molecule has 0 atom stereocenters. The second kappa shape index (κ2) is 6.22. The number of anilines is 1. The van der Waals surface area contributed by atoms with Gasteiger partial charge in [0.25, 0.3) is 0 Å². The van der Waals surface area contributed by atoms with Crippen LogP contribution in [0.2, 0.25) is 0 Å². The zero-order chi connectivity index (χ0) is 14.7. The fraction of sp³-hybridized carbons (Fsp3) is 0.533. The van der Waals surface area contributed by atoms with Crippen LogP contribution in [0.4, 0.5) is 10.1 Å². The number of halogens is 1. The summed E-state index contributed by atoms with van der Waals surface area (Å²) in [7, 11) is 4.05. The number of carbonyl (C=O) groups is 1. The molecule has 0 aromatic heterocycles. The Balaban J connectivity index is 2.00. The van der Waals surface area contributed by atoms with Crippen molar-refractivity contribution in [2.45, 2.75) is 12.8 Å². The van der Waals surface area contributed by atoms with Gasteiger partial charge in [0.15, 0.2) is 0 Å². The molecular weight excluding hydrogens is 259 g/mol. The molecule has 1 N–H and O–H groups in total. The third-order valence-electron chi connectivity index (χ3n) is 3.99. The molecule has 0 bridgehead atoms. The average Bonchev–Trinajstić information content (AvgIpc) is 2.40. The smallest absolute Gasteiger partial charge is 0.338 e. The average molecular weight is 280 g/mol. The summed E-state index contributed by atoms with van der Waals surface area (Å²) in [5.74, 6) is -1.30. The predicted octanol–water partition coefficient (Wildman–Crippen LogP) is 2.30. The molecule has 2 rings (SSSR count). The van der Waals surface area contributed by atoms with Crippen molar-refractivity contribution < 1.29 is 14.3 Å². The maximum atomic E-state index is 13.7. The van der Waals surface area contributed by atoms with Crippen molar-refractivity contribution in [3.05, 3.63) is 29.6 Å². The molecule has 1 aliphatic rings. The largest absolute Gasteiger partial charge is 0.478 e. The lowest BCUT2D eigenvalue weighted by Gasteiger charge is -2.32. The first-order valence-electron chi connectivity index (χ1n) is 6.90. The molecular formula is C15H21FN2O2. The number of carboxylic acids is 1. The number of hydrogen-bond donors (Lipinski definition) is 1. The Kier molecular flexibility index (Phi) is 4.60. The fourth-order valence-electron chi connectivity index (χ4n) is 2.65. The van der Waals surface area contributed by atoms with E-state index in [0.717, 1.165) is 38.2 Å². The van der Waals surface area contributed by atoms with Gasteiger partial charge in [0, 0.05) is 19.3 Å². The van der Waals surface area contributed by atoms with Crippen molar-refractivity contribution in [1.29, 1.82) is 0 Å². The molecule has 0 aliphatic carbocycles. The first kappa shape index (κ1) is 14.8. The lowest BCUT2D eigenvalue weighted by atomic mass is 9.96. The van der Waals surface area contributed by atoms with Crippen molar-refractivity contribution >= 4 is 11.7 Å². The van der Waals surface area contributed by atoms with Gasteiger partial charge >= 0.3 is 5.97 Å². The SMILES string of the molecule is CN1CCC(CN(C)c2ccc(C(=O)O)c(F)c2)CC1. The minimum Gasteiger partial charge on any atom is -0.478 e. The second-order valence-electron chi connectivity index (χ2n) is 5.60. The second-order valence-corrected chi connectivity index (χ2v) is 5.60. The molecule has 4 nitrogen and oxygen atoms in total. The van der Waals surface area contributed by atoms with Crippen molar-refractivity contribution in [3.8, 4) is 0 Å². The predicted molar refractivity (Wildman–Crippen MR) is 76.9 cm³/mol. The highest BCUT2D eigenvalue weighted by Gasteiger charge is 2.19. The van der Waals surface area contributed by atoms with Gasteiger partial charge in [0.2, 0.25) is 0 Å². The van der Waals surface area contributed by atoms with Crippen LogP contribution < -0.4 is 4.90 Å². The number of likely N-dealkylation sites (tertiary alicyclic amines) is 1. The topological polar surface area (TPSA) is 43.8 Å². The summed E-state index contributed by atoms with van der Waals surface area (Å²) in [6.45, 7) is 3.08. The van der Waals surface area contributed by atoms with E-state index in [4.69, 9.17) is 5.11 Å². The van der Waals surface area contributed by atoms with E-state index in [9.17, 15) is 9.18 Å². The Morgan fingerprint density at radius 3 is 2.65 bits per heavy atom. The van der Waals surface area contributed by atoms with E-state index < -0.39 is 11.8 Å². The van der Waals surface area contributed by atoms with Crippen molar-refractivity contribution in [1.82, 2.24) is 4.90 Å². The van der Waals surface area contributed by atoms with Crippen LogP contribution in [0.1, 0.15) is 23.2 Å². The van der Waals surface area contributed by atoms with Crippen molar-refractivity contribution in [3.63, 3.8) is 0 Å². The number of nitrogens with zero attached hydrogens (tertiary/aromatic N) is 2. The van der Waals surface area contributed by atoms with Gasteiger partial charge in [-0.25, -0.2) is 9.18 Å². The summed E-state index contributed by atoms with van der Waals surface area (Å²) < 4.78 is 13.7. The van der Waals surface area contributed by atoms with E-state index in [1.807, 2.05) is 11.9 Å². The zero-order valence-electron chi connectivity index (χ0n) is 12.0. The summed E-state index contributed by atoms with van der Waals surface area (Å²) in [6.07, 6.45) is 2.30. The maximum Gasteiger partial charge on any atom is 0.338 e. The lowest BCUT2D eigenvalue weighted by molar-refractivity contribution is 0.0692. The van der Waals surface area contributed by atoms with Crippen LogP contribution in [-0.2, 0) is 0 Å². The van der Waals surface area contributed by atoms with Gasteiger partial charge in [-0.1, -0.05) is 0 Å². The molecule has 0 spiro atoms. The number of piperidine rings is 1. The minimum atomic E-state index is -1.23. The Bertz CT molecular complexity index is 485. The van der Waals surface area contributed by atoms with E-state index in [1.165, 1.54) is 12.1 Å². The first-order chi connectivity index (χ1) is 9.47. The van der Waals surface area contributed by atoms with Crippen molar-refractivity contribution in [2.75, 3.05) is 38.6 Å². The Hall–Kier alpha value is -1.62. The molecule has 1 aromatic carbocycles. The zero-order valence-corrected chi connectivity index (χ0v) is 12.0. The summed E-state index contributed by atoms with van der Waals surface area (Å²) in [5, 5.41) is 8.82.